The monoisotopic (exact) mass is 462 g/mol. The van der Waals surface area contributed by atoms with Crippen LogP contribution in [0.15, 0.2) is 78.9 Å². The Bertz CT molecular complexity index is 1210. The highest BCUT2D eigenvalue weighted by Gasteiger charge is 2.41. The van der Waals surface area contributed by atoms with Gasteiger partial charge in [0.25, 0.3) is 5.82 Å². The molecule has 1 aliphatic heterocycles. The molecule has 5 rings (SSSR count). The standard InChI is InChI=1S/C25H23N2O2.BrH/c1-29-25(28)23(17-18-9-3-2-4-10-18)27-16-15-26-22-14-8-7-12-20(22)19-11-5-6-13-21(19)24(26)27;/h2-14,23H,15-17H2,1H3;1H/q+1;/p-1/t23-;/m0./s1. The van der Waals surface area contributed by atoms with Gasteiger partial charge in [-0.05, 0) is 17.7 Å². The molecule has 0 fully saturated rings. The van der Waals surface area contributed by atoms with Gasteiger partial charge in [0, 0.05) is 17.2 Å². The Hall–Kier alpha value is -2.92. The predicted molar refractivity (Wildman–Crippen MR) is 115 cm³/mol. The van der Waals surface area contributed by atoms with Gasteiger partial charge in [-0.2, -0.15) is 0 Å². The summed E-state index contributed by atoms with van der Waals surface area (Å²) in [4.78, 5) is 15.1. The van der Waals surface area contributed by atoms with Gasteiger partial charge in [0.1, 0.15) is 18.6 Å². The molecular weight excluding hydrogens is 440 g/mol. The summed E-state index contributed by atoms with van der Waals surface area (Å²) < 4.78 is 7.57. The summed E-state index contributed by atoms with van der Waals surface area (Å²) in [5.74, 6) is 0.908. The number of nitrogens with zero attached hydrogens (tertiary/aromatic N) is 2. The van der Waals surface area contributed by atoms with Crippen LogP contribution in [0.4, 0.5) is 5.82 Å². The van der Waals surface area contributed by atoms with Crippen molar-refractivity contribution in [3.63, 3.8) is 0 Å². The lowest BCUT2D eigenvalue weighted by Gasteiger charge is -2.22. The van der Waals surface area contributed by atoms with Crippen molar-refractivity contribution in [2.45, 2.75) is 19.0 Å². The number of halogens is 1. The number of methoxy groups -OCH3 is 1. The highest BCUT2D eigenvalue weighted by atomic mass is 79.9. The SMILES string of the molecule is COC(=O)[C@H](Cc1ccccc1)N1CC[n+]2c1c1ccccc1c1ccccc12.[Br-]. The van der Waals surface area contributed by atoms with Crippen molar-refractivity contribution >= 4 is 33.5 Å². The molecule has 30 heavy (non-hydrogen) atoms. The minimum absolute atomic E-state index is 0. The van der Waals surface area contributed by atoms with Gasteiger partial charge in [0.2, 0.25) is 0 Å². The Balaban J connectivity index is 0.00000218. The maximum atomic E-state index is 12.8. The van der Waals surface area contributed by atoms with Crippen molar-refractivity contribution in [1.29, 1.82) is 0 Å². The zero-order chi connectivity index (χ0) is 19.8. The molecule has 3 aromatic carbocycles. The summed E-state index contributed by atoms with van der Waals surface area (Å²) in [6.07, 6.45) is 0.620. The number of rotatable bonds is 4. The Morgan fingerprint density at radius 3 is 2.30 bits per heavy atom. The van der Waals surface area contributed by atoms with Crippen LogP contribution in [0.2, 0.25) is 0 Å². The van der Waals surface area contributed by atoms with Gasteiger partial charge in [-0.25, -0.2) is 14.3 Å². The van der Waals surface area contributed by atoms with Crippen LogP contribution in [-0.2, 0) is 22.5 Å². The number of pyridine rings is 1. The molecule has 2 heterocycles. The highest BCUT2D eigenvalue weighted by Crippen LogP contribution is 2.33. The topological polar surface area (TPSA) is 33.4 Å². The summed E-state index contributed by atoms with van der Waals surface area (Å²) >= 11 is 0. The summed E-state index contributed by atoms with van der Waals surface area (Å²) in [5.41, 5.74) is 2.33. The zero-order valence-electron chi connectivity index (χ0n) is 16.8. The van der Waals surface area contributed by atoms with E-state index >= 15 is 0 Å². The first-order valence-corrected chi connectivity index (χ1v) is 9.99. The average molecular weight is 463 g/mol. The second-order valence-electron chi connectivity index (χ2n) is 7.46. The zero-order valence-corrected chi connectivity index (χ0v) is 18.4. The van der Waals surface area contributed by atoms with Gasteiger partial charge in [-0.3, -0.25) is 0 Å². The highest BCUT2D eigenvalue weighted by molar-refractivity contribution is 6.08. The lowest BCUT2D eigenvalue weighted by Crippen LogP contribution is -3.00. The van der Waals surface area contributed by atoms with Crippen molar-refractivity contribution in [1.82, 2.24) is 0 Å². The van der Waals surface area contributed by atoms with Crippen LogP contribution in [0.3, 0.4) is 0 Å². The number of anilines is 1. The lowest BCUT2D eigenvalue weighted by molar-refractivity contribution is -0.643. The number of aromatic nitrogens is 1. The Labute approximate surface area is 186 Å². The smallest absolute Gasteiger partial charge is 0.351 e. The Morgan fingerprint density at radius 1 is 0.933 bits per heavy atom. The van der Waals surface area contributed by atoms with Crippen molar-refractivity contribution in [2.24, 2.45) is 0 Å². The first-order chi connectivity index (χ1) is 14.3. The molecule has 0 saturated heterocycles. The number of hydrogen-bond donors (Lipinski definition) is 0. The molecule has 0 spiro atoms. The summed E-state index contributed by atoms with van der Waals surface area (Å²) in [5, 5.41) is 3.63. The number of fused-ring (bicyclic) bond motifs is 6. The third kappa shape index (κ3) is 3.33. The minimum Gasteiger partial charge on any atom is -1.00 e. The molecule has 1 atom stereocenters. The van der Waals surface area contributed by atoms with Crippen LogP contribution in [0.5, 0.6) is 0 Å². The van der Waals surface area contributed by atoms with E-state index in [1.165, 1.54) is 28.8 Å². The number of carbonyl (C=O) groups is 1. The first kappa shape index (κ1) is 20.4. The molecule has 0 saturated carbocycles. The van der Waals surface area contributed by atoms with Crippen molar-refractivity contribution in [3.8, 4) is 0 Å². The van der Waals surface area contributed by atoms with E-state index in [0.717, 1.165) is 24.5 Å². The lowest BCUT2D eigenvalue weighted by atomic mass is 10.0. The molecule has 1 aromatic heterocycles. The van der Waals surface area contributed by atoms with Crippen molar-refractivity contribution in [3.05, 3.63) is 84.4 Å². The number of ether oxygens (including phenoxy) is 1. The van der Waals surface area contributed by atoms with E-state index in [9.17, 15) is 4.79 Å². The molecule has 4 nitrogen and oxygen atoms in total. The molecule has 4 aromatic rings. The average Bonchev–Trinajstić information content (AvgIpc) is 3.23. The fourth-order valence-corrected chi connectivity index (χ4v) is 4.56. The van der Waals surface area contributed by atoms with Gasteiger partial charge in [0.15, 0.2) is 6.04 Å². The van der Waals surface area contributed by atoms with E-state index in [1.54, 1.807) is 0 Å². The number of hydrogen-bond acceptors (Lipinski definition) is 3. The number of esters is 1. The van der Waals surface area contributed by atoms with Gasteiger partial charge < -0.3 is 21.7 Å². The molecule has 1 aliphatic rings. The second kappa shape index (κ2) is 8.44. The van der Waals surface area contributed by atoms with Crippen LogP contribution < -0.4 is 26.4 Å². The Kier molecular flexibility index (Phi) is 5.73. The van der Waals surface area contributed by atoms with E-state index in [1.807, 2.05) is 18.2 Å². The molecule has 0 N–H and O–H groups in total. The first-order valence-electron chi connectivity index (χ1n) is 9.99. The minimum atomic E-state index is -0.360. The van der Waals surface area contributed by atoms with Crippen LogP contribution in [0.1, 0.15) is 5.56 Å². The molecule has 0 aliphatic carbocycles. The van der Waals surface area contributed by atoms with E-state index in [2.05, 4.69) is 70.1 Å². The predicted octanol–water partition coefficient (Wildman–Crippen LogP) is 0.889. The van der Waals surface area contributed by atoms with E-state index < -0.39 is 0 Å². The molecule has 0 amide bonds. The molecule has 0 bridgehead atoms. The molecule has 152 valence electrons. The van der Waals surface area contributed by atoms with Crippen molar-refractivity contribution < 1.29 is 31.1 Å². The van der Waals surface area contributed by atoms with Crippen LogP contribution >= 0.6 is 0 Å². The second-order valence-corrected chi connectivity index (χ2v) is 7.46. The van der Waals surface area contributed by atoms with Gasteiger partial charge in [0.05, 0.1) is 12.5 Å². The molecule has 0 unspecified atom stereocenters. The van der Waals surface area contributed by atoms with Crippen LogP contribution in [0.25, 0.3) is 21.7 Å². The third-order valence-electron chi connectivity index (χ3n) is 5.87. The van der Waals surface area contributed by atoms with Crippen LogP contribution in [0, 0.1) is 0 Å². The van der Waals surface area contributed by atoms with E-state index in [-0.39, 0.29) is 29.0 Å². The number of para-hydroxylation sites is 1. The van der Waals surface area contributed by atoms with Crippen LogP contribution in [-0.4, -0.2) is 25.7 Å². The van der Waals surface area contributed by atoms with Gasteiger partial charge >= 0.3 is 5.97 Å². The van der Waals surface area contributed by atoms with Crippen molar-refractivity contribution in [2.75, 3.05) is 18.6 Å². The largest absolute Gasteiger partial charge is 1.00 e. The van der Waals surface area contributed by atoms with E-state index in [4.69, 9.17) is 4.74 Å². The maximum Gasteiger partial charge on any atom is 0.351 e. The molecule has 5 heteroatoms. The fraction of sp³-hybridized carbons (Fsp3) is 0.200. The number of benzene rings is 3. The molecular formula is C25H23BrN2O2. The summed E-state index contributed by atoms with van der Waals surface area (Å²) in [6.45, 7) is 1.63. The summed E-state index contributed by atoms with van der Waals surface area (Å²) in [6, 6.07) is 26.8. The molecule has 0 radical (unpaired) electrons. The quantitative estimate of drug-likeness (QED) is 0.256. The normalized spacial score (nSPS) is 13.7. The van der Waals surface area contributed by atoms with Gasteiger partial charge in [-0.15, -0.1) is 0 Å². The fourth-order valence-electron chi connectivity index (χ4n) is 4.56. The Morgan fingerprint density at radius 2 is 1.57 bits per heavy atom. The van der Waals surface area contributed by atoms with E-state index in [0.29, 0.717) is 6.42 Å². The van der Waals surface area contributed by atoms with Gasteiger partial charge in [-0.1, -0.05) is 66.7 Å². The maximum absolute atomic E-state index is 12.8. The number of carbonyl (C=O) groups excluding carboxylic acids is 1. The summed E-state index contributed by atoms with van der Waals surface area (Å²) in [7, 11) is 1.48. The third-order valence-corrected chi connectivity index (χ3v) is 5.87.